The molecule has 21 heavy (non-hydrogen) atoms. The number of fused-ring (bicyclic) bond motifs is 1. The number of hydrogen-bond acceptors (Lipinski definition) is 6. The summed E-state index contributed by atoms with van der Waals surface area (Å²) in [5.74, 6) is 0.629. The maximum Gasteiger partial charge on any atom is 0.322 e. The van der Waals surface area contributed by atoms with Crippen LogP contribution in [0.5, 0.6) is 6.01 Å². The molecule has 7 heteroatoms. The van der Waals surface area contributed by atoms with Gasteiger partial charge in [0.05, 0.1) is 6.10 Å². The second-order valence-electron chi connectivity index (χ2n) is 6.15. The van der Waals surface area contributed by atoms with Crippen LogP contribution in [0, 0.1) is 0 Å². The van der Waals surface area contributed by atoms with Crippen molar-refractivity contribution in [3.8, 4) is 6.01 Å². The van der Waals surface area contributed by atoms with Gasteiger partial charge in [-0.1, -0.05) is 0 Å². The van der Waals surface area contributed by atoms with Crippen molar-refractivity contribution in [2.75, 3.05) is 24.5 Å². The summed E-state index contributed by atoms with van der Waals surface area (Å²) in [5, 5.41) is 0.191. The molecule has 2 aliphatic rings. The Morgan fingerprint density at radius 1 is 1.24 bits per heavy atom. The normalized spacial score (nSPS) is 26.2. The molecule has 3 heterocycles. The first-order chi connectivity index (χ1) is 10.0. The molecule has 0 N–H and O–H groups in total. The molecule has 2 saturated heterocycles. The Balaban J connectivity index is 1.83. The number of aromatic nitrogens is 3. The van der Waals surface area contributed by atoms with Crippen LogP contribution in [0.2, 0.25) is 5.28 Å². The first kappa shape index (κ1) is 14.8. The summed E-state index contributed by atoms with van der Waals surface area (Å²) in [6.45, 7) is 9.29. The van der Waals surface area contributed by atoms with Crippen LogP contribution < -0.4 is 9.64 Å². The van der Waals surface area contributed by atoms with Gasteiger partial charge in [-0.2, -0.15) is 15.0 Å². The van der Waals surface area contributed by atoms with Crippen LogP contribution in [-0.2, 0) is 0 Å². The molecular formula is C14H22ClN5O. The van der Waals surface area contributed by atoms with E-state index < -0.39 is 0 Å². The van der Waals surface area contributed by atoms with Crippen LogP contribution in [0.1, 0.15) is 33.6 Å². The molecule has 2 unspecified atom stereocenters. The Hall–Kier alpha value is -1.14. The number of ether oxygens (including phenoxy) is 1. The van der Waals surface area contributed by atoms with Gasteiger partial charge in [-0.3, -0.25) is 4.90 Å². The highest BCUT2D eigenvalue weighted by Crippen LogP contribution is 2.28. The number of anilines is 1. The Morgan fingerprint density at radius 2 is 2.05 bits per heavy atom. The quantitative estimate of drug-likeness (QED) is 0.851. The summed E-state index contributed by atoms with van der Waals surface area (Å²) < 4.78 is 5.56. The van der Waals surface area contributed by atoms with Gasteiger partial charge in [-0.25, -0.2) is 0 Å². The number of piperazine rings is 1. The zero-order chi connectivity index (χ0) is 15.0. The van der Waals surface area contributed by atoms with E-state index in [1.807, 2.05) is 13.8 Å². The highest BCUT2D eigenvalue weighted by atomic mass is 35.5. The lowest BCUT2D eigenvalue weighted by Crippen LogP contribution is -2.55. The summed E-state index contributed by atoms with van der Waals surface area (Å²) in [7, 11) is 0. The van der Waals surface area contributed by atoms with E-state index in [9.17, 15) is 0 Å². The summed E-state index contributed by atoms with van der Waals surface area (Å²) in [4.78, 5) is 17.6. The highest BCUT2D eigenvalue weighted by Gasteiger charge is 2.35. The van der Waals surface area contributed by atoms with E-state index in [-0.39, 0.29) is 11.4 Å². The molecule has 116 valence electrons. The Bertz CT molecular complexity index is 512. The molecule has 2 fully saturated rings. The van der Waals surface area contributed by atoms with E-state index in [1.165, 1.54) is 19.4 Å². The minimum absolute atomic E-state index is 0.0143. The van der Waals surface area contributed by atoms with E-state index >= 15 is 0 Å². The molecule has 6 nitrogen and oxygen atoms in total. The van der Waals surface area contributed by atoms with Gasteiger partial charge in [0, 0.05) is 25.2 Å². The van der Waals surface area contributed by atoms with E-state index in [2.05, 4.69) is 31.7 Å². The van der Waals surface area contributed by atoms with Gasteiger partial charge < -0.3 is 9.64 Å². The standard InChI is InChI=1S/C14H22ClN5O/c1-9(2)21-14-17-12(15)16-13(18-14)20-8-11-5-4-6-19(11)7-10(20)3/h9-11H,4-8H2,1-3H3. The molecule has 0 aromatic carbocycles. The Kier molecular flexibility index (Phi) is 4.17. The monoisotopic (exact) mass is 311 g/mol. The van der Waals surface area contributed by atoms with Crippen LogP contribution in [-0.4, -0.2) is 57.7 Å². The topological polar surface area (TPSA) is 54.4 Å². The van der Waals surface area contributed by atoms with E-state index in [0.29, 0.717) is 24.0 Å². The molecule has 0 spiro atoms. The molecule has 0 radical (unpaired) electrons. The fraction of sp³-hybridized carbons (Fsp3) is 0.786. The largest absolute Gasteiger partial charge is 0.461 e. The summed E-state index contributed by atoms with van der Waals surface area (Å²) >= 11 is 6.03. The van der Waals surface area contributed by atoms with Gasteiger partial charge in [-0.05, 0) is 51.8 Å². The Morgan fingerprint density at radius 3 is 2.81 bits per heavy atom. The molecule has 0 aliphatic carbocycles. The zero-order valence-electron chi connectivity index (χ0n) is 12.8. The first-order valence-corrected chi connectivity index (χ1v) is 7.99. The van der Waals surface area contributed by atoms with Crippen molar-refractivity contribution in [1.29, 1.82) is 0 Å². The van der Waals surface area contributed by atoms with Gasteiger partial charge in [-0.15, -0.1) is 0 Å². The lowest BCUT2D eigenvalue weighted by molar-refractivity contribution is 0.199. The molecular weight excluding hydrogens is 290 g/mol. The third-order valence-corrected chi connectivity index (χ3v) is 4.28. The van der Waals surface area contributed by atoms with Crippen molar-refractivity contribution < 1.29 is 4.74 Å². The zero-order valence-corrected chi connectivity index (χ0v) is 13.5. The van der Waals surface area contributed by atoms with Gasteiger partial charge >= 0.3 is 6.01 Å². The van der Waals surface area contributed by atoms with E-state index in [4.69, 9.17) is 16.3 Å². The smallest absolute Gasteiger partial charge is 0.322 e. The van der Waals surface area contributed by atoms with Gasteiger partial charge in [0.25, 0.3) is 0 Å². The van der Waals surface area contributed by atoms with Crippen molar-refractivity contribution in [1.82, 2.24) is 19.9 Å². The number of rotatable bonds is 3. The maximum absolute atomic E-state index is 6.03. The molecule has 2 atom stereocenters. The number of halogens is 1. The van der Waals surface area contributed by atoms with E-state index in [0.717, 1.165) is 13.1 Å². The van der Waals surface area contributed by atoms with Crippen molar-refractivity contribution in [3.05, 3.63) is 5.28 Å². The molecule has 1 aromatic rings. The van der Waals surface area contributed by atoms with Gasteiger partial charge in [0.1, 0.15) is 0 Å². The predicted octanol–water partition coefficient (Wildman–Crippen LogP) is 1.99. The Labute approximate surface area is 130 Å². The minimum Gasteiger partial charge on any atom is -0.461 e. The lowest BCUT2D eigenvalue weighted by Gasteiger charge is -2.42. The van der Waals surface area contributed by atoms with Crippen LogP contribution in [0.15, 0.2) is 0 Å². The van der Waals surface area contributed by atoms with Crippen molar-refractivity contribution >= 4 is 17.5 Å². The number of hydrogen-bond donors (Lipinski definition) is 0. The average molecular weight is 312 g/mol. The molecule has 0 bridgehead atoms. The first-order valence-electron chi connectivity index (χ1n) is 7.62. The predicted molar refractivity (Wildman–Crippen MR) is 82.0 cm³/mol. The summed E-state index contributed by atoms with van der Waals surface area (Å²) in [6, 6.07) is 1.27. The average Bonchev–Trinajstić information content (AvgIpc) is 2.83. The summed E-state index contributed by atoms with van der Waals surface area (Å²) in [6.07, 6.45) is 2.54. The van der Waals surface area contributed by atoms with Crippen molar-refractivity contribution in [2.24, 2.45) is 0 Å². The molecule has 0 saturated carbocycles. The fourth-order valence-electron chi connectivity index (χ4n) is 3.18. The van der Waals surface area contributed by atoms with Crippen LogP contribution in [0.25, 0.3) is 0 Å². The fourth-order valence-corrected chi connectivity index (χ4v) is 3.33. The van der Waals surface area contributed by atoms with Crippen molar-refractivity contribution in [2.45, 2.75) is 51.8 Å². The highest BCUT2D eigenvalue weighted by molar-refractivity contribution is 6.28. The summed E-state index contributed by atoms with van der Waals surface area (Å²) in [5.41, 5.74) is 0. The molecule has 2 aliphatic heterocycles. The lowest BCUT2D eigenvalue weighted by atomic mass is 10.1. The molecule has 3 rings (SSSR count). The molecule has 1 aromatic heterocycles. The maximum atomic E-state index is 6.03. The second-order valence-corrected chi connectivity index (χ2v) is 6.48. The second kappa shape index (κ2) is 5.93. The third kappa shape index (κ3) is 3.21. The number of nitrogens with zero attached hydrogens (tertiary/aromatic N) is 5. The minimum atomic E-state index is 0.0143. The third-order valence-electron chi connectivity index (χ3n) is 4.11. The van der Waals surface area contributed by atoms with Crippen LogP contribution in [0.4, 0.5) is 5.95 Å². The van der Waals surface area contributed by atoms with Crippen molar-refractivity contribution in [3.63, 3.8) is 0 Å². The SMILES string of the molecule is CC(C)Oc1nc(Cl)nc(N2CC3CCCN3CC2C)n1. The van der Waals surface area contributed by atoms with Crippen LogP contribution in [0.3, 0.4) is 0 Å². The van der Waals surface area contributed by atoms with Gasteiger partial charge in [0.2, 0.25) is 11.2 Å². The van der Waals surface area contributed by atoms with Crippen LogP contribution >= 0.6 is 11.6 Å². The van der Waals surface area contributed by atoms with E-state index in [1.54, 1.807) is 0 Å². The van der Waals surface area contributed by atoms with Gasteiger partial charge in [0.15, 0.2) is 0 Å². The molecule has 0 amide bonds.